The van der Waals surface area contributed by atoms with Crippen LogP contribution in [0.4, 0.5) is 5.69 Å². The number of thioether (sulfide) groups is 1. The molecule has 0 spiro atoms. The Kier molecular flexibility index (Phi) is 6.01. The molecule has 1 amide bonds. The Bertz CT molecular complexity index is 846. The highest BCUT2D eigenvalue weighted by molar-refractivity contribution is 7.99. The number of amides is 1. The fraction of sp³-hybridized carbons (Fsp3) is 0.263. The molecule has 3 aromatic rings. The Morgan fingerprint density at radius 2 is 1.85 bits per heavy atom. The van der Waals surface area contributed by atoms with Gasteiger partial charge in [-0.2, -0.15) is 0 Å². The van der Waals surface area contributed by atoms with Gasteiger partial charge in [0.25, 0.3) is 0 Å². The molecular formula is C19H21N5OS. The molecule has 0 aliphatic carbocycles. The first kappa shape index (κ1) is 18.1. The molecule has 6 nitrogen and oxygen atoms in total. The first-order valence-corrected chi connectivity index (χ1v) is 9.43. The van der Waals surface area contributed by atoms with Crippen LogP contribution in [0.3, 0.4) is 0 Å². The van der Waals surface area contributed by atoms with Crippen molar-refractivity contribution in [2.24, 2.45) is 0 Å². The maximum Gasteiger partial charge on any atom is 0.234 e. The number of anilines is 1. The van der Waals surface area contributed by atoms with Crippen LogP contribution in [-0.4, -0.2) is 31.9 Å². The van der Waals surface area contributed by atoms with E-state index < -0.39 is 0 Å². The number of carbonyl (C=O) groups is 1. The molecule has 0 saturated carbocycles. The zero-order valence-corrected chi connectivity index (χ0v) is 15.6. The summed E-state index contributed by atoms with van der Waals surface area (Å²) in [5.74, 6) is 0.640. The van der Waals surface area contributed by atoms with Crippen molar-refractivity contribution in [1.29, 1.82) is 0 Å². The third-order valence-corrected chi connectivity index (χ3v) is 4.82. The summed E-state index contributed by atoms with van der Waals surface area (Å²) in [7, 11) is 0. The third kappa shape index (κ3) is 4.92. The first-order valence-electron chi connectivity index (χ1n) is 8.44. The smallest absolute Gasteiger partial charge is 0.234 e. The van der Waals surface area contributed by atoms with Crippen molar-refractivity contribution in [3.8, 4) is 0 Å². The van der Waals surface area contributed by atoms with Crippen molar-refractivity contribution in [3.63, 3.8) is 0 Å². The molecule has 0 atom stereocenters. The summed E-state index contributed by atoms with van der Waals surface area (Å²) in [6.07, 6.45) is 0. The lowest BCUT2D eigenvalue weighted by Crippen LogP contribution is -2.15. The summed E-state index contributed by atoms with van der Waals surface area (Å²) in [6.45, 7) is 4.86. The summed E-state index contributed by atoms with van der Waals surface area (Å²) in [6, 6.07) is 17.9. The Balaban J connectivity index is 1.54. The number of nitrogens with zero attached hydrogens (tertiary/aromatic N) is 4. The monoisotopic (exact) mass is 367 g/mol. The molecule has 1 N–H and O–H groups in total. The van der Waals surface area contributed by atoms with Crippen LogP contribution in [0, 0.1) is 0 Å². The number of benzene rings is 2. The van der Waals surface area contributed by atoms with Crippen LogP contribution in [-0.2, 0) is 11.3 Å². The molecule has 26 heavy (non-hydrogen) atoms. The molecule has 0 saturated heterocycles. The van der Waals surface area contributed by atoms with Crippen molar-refractivity contribution >= 4 is 23.4 Å². The second-order valence-corrected chi connectivity index (χ2v) is 7.16. The van der Waals surface area contributed by atoms with Gasteiger partial charge < -0.3 is 5.32 Å². The third-order valence-electron chi connectivity index (χ3n) is 3.87. The highest BCUT2D eigenvalue weighted by Crippen LogP contribution is 2.19. The average Bonchev–Trinajstić information content (AvgIpc) is 3.08. The molecule has 0 bridgehead atoms. The van der Waals surface area contributed by atoms with Crippen molar-refractivity contribution in [2.75, 3.05) is 11.1 Å². The minimum atomic E-state index is -0.0819. The second kappa shape index (κ2) is 8.62. The minimum absolute atomic E-state index is 0.0819. The zero-order valence-electron chi connectivity index (χ0n) is 14.8. The number of hydrogen-bond acceptors (Lipinski definition) is 5. The summed E-state index contributed by atoms with van der Waals surface area (Å²) in [5, 5.41) is 15.3. The van der Waals surface area contributed by atoms with Gasteiger partial charge in [0.1, 0.15) is 0 Å². The van der Waals surface area contributed by atoms with Crippen molar-refractivity contribution < 1.29 is 4.79 Å². The average molecular weight is 367 g/mol. The first-order chi connectivity index (χ1) is 12.6. The molecule has 2 aromatic carbocycles. The summed E-state index contributed by atoms with van der Waals surface area (Å²) >= 11 is 1.32. The van der Waals surface area contributed by atoms with Crippen LogP contribution in [0.1, 0.15) is 30.9 Å². The molecule has 0 aliphatic heterocycles. The standard InChI is InChI=1S/C19H21N5OS/c1-14(2)16-8-10-17(11-9-16)20-18(25)13-26-19-21-22-23-24(19)12-15-6-4-3-5-7-15/h3-11,14H,12-13H2,1-2H3,(H,20,25). The molecule has 134 valence electrons. The van der Waals surface area contributed by atoms with Gasteiger partial charge in [-0.15, -0.1) is 5.10 Å². The number of aromatic nitrogens is 4. The molecular weight excluding hydrogens is 346 g/mol. The molecule has 3 rings (SSSR count). The maximum absolute atomic E-state index is 12.2. The number of carbonyl (C=O) groups excluding carboxylic acids is 1. The van der Waals surface area contributed by atoms with E-state index in [-0.39, 0.29) is 11.7 Å². The number of tetrazole rings is 1. The lowest BCUT2D eigenvalue weighted by Gasteiger charge is -2.08. The Labute approximate surface area is 157 Å². The van der Waals surface area contributed by atoms with E-state index in [0.717, 1.165) is 11.3 Å². The molecule has 1 aromatic heterocycles. The maximum atomic E-state index is 12.2. The van der Waals surface area contributed by atoms with Gasteiger partial charge in [0.2, 0.25) is 11.1 Å². The quantitative estimate of drug-likeness (QED) is 0.646. The van der Waals surface area contributed by atoms with Crippen molar-refractivity contribution in [3.05, 3.63) is 65.7 Å². The van der Waals surface area contributed by atoms with Gasteiger partial charge in [0.05, 0.1) is 12.3 Å². The predicted octanol–water partition coefficient (Wildman–Crippen LogP) is 3.58. The van der Waals surface area contributed by atoms with Crippen molar-refractivity contribution in [1.82, 2.24) is 20.2 Å². The van der Waals surface area contributed by atoms with E-state index in [4.69, 9.17) is 0 Å². The minimum Gasteiger partial charge on any atom is -0.325 e. The zero-order chi connectivity index (χ0) is 18.4. The fourth-order valence-electron chi connectivity index (χ4n) is 2.43. The van der Waals surface area contributed by atoms with E-state index in [2.05, 4.69) is 34.7 Å². The SMILES string of the molecule is CC(C)c1ccc(NC(=O)CSc2nnnn2Cc2ccccc2)cc1. The topological polar surface area (TPSA) is 72.7 Å². The van der Waals surface area contributed by atoms with Crippen LogP contribution in [0.15, 0.2) is 59.8 Å². The van der Waals surface area contributed by atoms with E-state index in [1.165, 1.54) is 17.3 Å². The highest BCUT2D eigenvalue weighted by atomic mass is 32.2. The summed E-state index contributed by atoms with van der Waals surface area (Å²) in [5.41, 5.74) is 3.15. The Morgan fingerprint density at radius 1 is 1.12 bits per heavy atom. The number of nitrogens with one attached hydrogen (secondary N) is 1. The van der Waals surface area contributed by atoms with Crippen LogP contribution in [0.25, 0.3) is 0 Å². The van der Waals surface area contributed by atoms with E-state index in [1.54, 1.807) is 4.68 Å². The summed E-state index contributed by atoms with van der Waals surface area (Å²) < 4.78 is 1.70. The van der Waals surface area contributed by atoms with Crippen molar-refractivity contribution in [2.45, 2.75) is 31.5 Å². The van der Waals surface area contributed by atoms with Gasteiger partial charge in [-0.05, 0) is 39.6 Å². The molecule has 0 fully saturated rings. The fourth-order valence-corrected chi connectivity index (χ4v) is 3.11. The molecule has 0 radical (unpaired) electrons. The normalized spacial score (nSPS) is 10.9. The van der Waals surface area contributed by atoms with Gasteiger partial charge >= 0.3 is 0 Å². The van der Waals surface area contributed by atoms with Crippen LogP contribution in [0.2, 0.25) is 0 Å². The highest BCUT2D eigenvalue weighted by Gasteiger charge is 2.11. The van der Waals surface area contributed by atoms with Gasteiger partial charge in [-0.25, -0.2) is 4.68 Å². The van der Waals surface area contributed by atoms with E-state index in [1.807, 2.05) is 54.6 Å². The number of hydrogen-bond donors (Lipinski definition) is 1. The lowest BCUT2D eigenvalue weighted by atomic mass is 10.0. The molecule has 0 unspecified atom stereocenters. The van der Waals surface area contributed by atoms with E-state index in [9.17, 15) is 4.79 Å². The van der Waals surface area contributed by atoms with Gasteiger partial charge in [0, 0.05) is 5.69 Å². The van der Waals surface area contributed by atoms with Crippen LogP contribution >= 0.6 is 11.8 Å². The Morgan fingerprint density at radius 3 is 2.54 bits per heavy atom. The van der Waals surface area contributed by atoms with E-state index >= 15 is 0 Å². The van der Waals surface area contributed by atoms with E-state index in [0.29, 0.717) is 17.6 Å². The number of rotatable bonds is 7. The predicted molar refractivity (Wildman–Crippen MR) is 103 cm³/mol. The van der Waals surface area contributed by atoms with Gasteiger partial charge in [0.15, 0.2) is 0 Å². The van der Waals surface area contributed by atoms with Crippen LogP contribution in [0.5, 0.6) is 0 Å². The summed E-state index contributed by atoms with van der Waals surface area (Å²) in [4.78, 5) is 12.2. The molecule has 1 heterocycles. The van der Waals surface area contributed by atoms with Gasteiger partial charge in [-0.1, -0.05) is 68.1 Å². The lowest BCUT2D eigenvalue weighted by molar-refractivity contribution is -0.113. The largest absolute Gasteiger partial charge is 0.325 e. The Hall–Kier alpha value is -2.67. The molecule has 0 aliphatic rings. The van der Waals surface area contributed by atoms with Gasteiger partial charge in [-0.3, -0.25) is 4.79 Å². The molecule has 7 heteroatoms. The van der Waals surface area contributed by atoms with Crippen LogP contribution < -0.4 is 5.32 Å². The second-order valence-electron chi connectivity index (χ2n) is 6.22.